The van der Waals surface area contributed by atoms with Crippen molar-refractivity contribution in [3.8, 4) is 0 Å². The molecular weight excluding hydrogens is 324 g/mol. The first-order valence-electron chi connectivity index (χ1n) is 12.0. The van der Waals surface area contributed by atoms with Crippen LogP contribution in [-0.4, -0.2) is 0 Å². The molecule has 0 nitrogen and oxygen atoms in total. The second-order valence-corrected chi connectivity index (χ2v) is 6.95. The molecule has 158 valence electrons. The average molecular weight is 375 g/mol. The van der Waals surface area contributed by atoms with E-state index in [0.29, 0.717) is 0 Å². The van der Waals surface area contributed by atoms with Gasteiger partial charge in [0.2, 0.25) is 0 Å². The van der Waals surface area contributed by atoms with E-state index >= 15 is 0 Å². The second kappa shape index (κ2) is 25.0. The molecule has 0 saturated heterocycles. The molecule has 1 saturated carbocycles. The Hall–Kier alpha value is -1.04. The molecule has 0 amide bonds. The van der Waals surface area contributed by atoms with Crippen LogP contribution >= 0.6 is 0 Å². The van der Waals surface area contributed by atoms with Gasteiger partial charge in [0, 0.05) is 0 Å². The SMILES string of the molecule is CC.CC.CC=CCCCC.c1ccc(CCCCCC2CCCC2)cc1. The normalized spacial score (nSPS) is 13.1. The first-order valence-corrected chi connectivity index (χ1v) is 12.0. The number of hydrogen-bond donors (Lipinski definition) is 0. The fraction of sp³-hybridized carbons (Fsp3) is 0.704. The molecule has 1 fully saturated rings. The first kappa shape index (κ1) is 28.2. The number of benzene rings is 1. The van der Waals surface area contributed by atoms with Gasteiger partial charge in [-0.25, -0.2) is 0 Å². The van der Waals surface area contributed by atoms with Crippen LogP contribution in [0.3, 0.4) is 0 Å². The zero-order chi connectivity index (χ0) is 20.6. The quantitative estimate of drug-likeness (QED) is 0.298. The molecule has 0 atom stereocenters. The van der Waals surface area contributed by atoms with Crippen molar-refractivity contribution in [2.75, 3.05) is 0 Å². The molecule has 0 spiro atoms. The van der Waals surface area contributed by atoms with Gasteiger partial charge in [-0.05, 0) is 37.7 Å². The highest BCUT2D eigenvalue weighted by Gasteiger charge is 2.13. The van der Waals surface area contributed by atoms with E-state index in [1.54, 1.807) is 0 Å². The molecule has 1 aliphatic carbocycles. The largest absolute Gasteiger partial charge is 0.0917 e. The van der Waals surface area contributed by atoms with E-state index in [2.05, 4.69) is 56.3 Å². The third-order valence-corrected chi connectivity index (χ3v) is 4.86. The molecule has 27 heavy (non-hydrogen) atoms. The van der Waals surface area contributed by atoms with Gasteiger partial charge in [-0.15, -0.1) is 0 Å². The molecule has 0 heteroatoms. The molecule has 0 unspecified atom stereocenters. The summed E-state index contributed by atoms with van der Waals surface area (Å²) in [7, 11) is 0. The van der Waals surface area contributed by atoms with Crippen molar-refractivity contribution in [1.82, 2.24) is 0 Å². The van der Waals surface area contributed by atoms with Gasteiger partial charge in [-0.2, -0.15) is 0 Å². The van der Waals surface area contributed by atoms with Crippen molar-refractivity contribution < 1.29 is 0 Å². The Balaban J connectivity index is 0. The zero-order valence-electron chi connectivity index (χ0n) is 19.6. The summed E-state index contributed by atoms with van der Waals surface area (Å²) in [5, 5.41) is 0. The highest BCUT2D eigenvalue weighted by atomic mass is 14.2. The second-order valence-electron chi connectivity index (χ2n) is 6.95. The summed E-state index contributed by atoms with van der Waals surface area (Å²) in [5.74, 6) is 1.08. The minimum atomic E-state index is 1.08. The van der Waals surface area contributed by atoms with Crippen LogP contribution in [0.2, 0.25) is 0 Å². The summed E-state index contributed by atoms with van der Waals surface area (Å²) in [6, 6.07) is 10.9. The van der Waals surface area contributed by atoms with Crippen LogP contribution in [0.4, 0.5) is 0 Å². The van der Waals surface area contributed by atoms with Crippen LogP contribution in [0.15, 0.2) is 42.5 Å². The minimum absolute atomic E-state index is 1.08. The Morgan fingerprint density at radius 1 is 0.852 bits per heavy atom. The summed E-state index contributed by atoms with van der Waals surface area (Å²) in [6.45, 7) is 12.3. The van der Waals surface area contributed by atoms with Gasteiger partial charge in [-0.3, -0.25) is 0 Å². The topological polar surface area (TPSA) is 0 Å². The van der Waals surface area contributed by atoms with Crippen LogP contribution in [0.1, 0.15) is 118 Å². The van der Waals surface area contributed by atoms with Gasteiger partial charge < -0.3 is 0 Å². The van der Waals surface area contributed by atoms with E-state index in [4.69, 9.17) is 0 Å². The standard InChI is InChI=1S/C16H24.C7H14.2C2H6/c1-3-9-15(10-4-1)11-5-2-6-12-16-13-7-8-14-16;1-3-5-7-6-4-2;2*1-2/h1,3-4,9-10,16H,2,5-8,11-14H2;3,5H,4,6-7H2,1-2H3;2*1-2H3. The zero-order valence-corrected chi connectivity index (χ0v) is 19.6. The van der Waals surface area contributed by atoms with E-state index in [-0.39, 0.29) is 0 Å². The van der Waals surface area contributed by atoms with Crippen molar-refractivity contribution in [3.63, 3.8) is 0 Å². The van der Waals surface area contributed by atoms with Crippen LogP contribution in [-0.2, 0) is 6.42 Å². The number of unbranched alkanes of at least 4 members (excludes halogenated alkanes) is 4. The summed E-state index contributed by atoms with van der Waals surface area (Å²) < 4.78 is 0. The number of allylic oxidation sites excluding steroid dienone is 2. The molecule has 2 rings (SSSR count). The third kappa shape index (κ3) is 19.5. The molecule has 1 aromatic rings. The van der Waals surface area contributed by atoms with Gasteiger partial charge in [0.25, 0.3) is 0 Å². The predicted octanol–water partition coefficient (Wildman–Crippen LogP) is 9.78. The summed E-state index contributed by atoms with van der Waals surface area (Å²) >= 11 is 0. The van der Waals surface area contributed by atoms with Crippen LogP contribution in [0.25, 0.3) is 0 Å². The summed E-state index contributed by atoms with van der Waals surface area (Å²) in [5.41, 5.74) is 1.50. The van der Waals surface area contributed by atoms with Gasteiger partial charge in [-0.1, -0.05) is 135 Å². The summed E-state index contributed by atoms with van der Waals surface area (Å²) in [4.78, 5) is 0. The van der Waals surface area contributed by atoms with Crippen molar-refractivity contribution >= 4 is 0 Å². The van der Waals surface area contributed by atoms with E-state index in [0.717, 1.165) is 5.92 Å². The van der Waals surface area contributed by atoms with E-state index < -0.39 is 0 Å². The highest BCUT2D eigenvalue weighted by molar-refractivity contribution is 5.14. The number of aryl methyl sites for hydroxylation is 1. The Morgan fingerprint density at radius 3 is 2.04 bits per heavy atom. The average Bonchev–Trinajstić information content (AvgIpc) is 3.26. The Labute approximate surface area is 172 Å². The first-order chi connectivity index (χ1) is 13.4. The predicted molar refractivity (Wildman–Crippen MR) is 128 cm³/mol. The molecule has 0 aromatic heterocycles. The van der Waals surface area contributed by atoms with Crippen LogP contribution in [0.5, 0.6) is 0 Å². The third-order valence-electron chi connectivity index (χ3n) is 4.86. The minimum Gasteiger partial charge on any atom is -0.0917 e. The van der Waals surface area contributed by atoms with Crippen molar-refractivity contribution in [2.24, 2.45) is 5.92 Å². The maximum Gasteiger partial charge on any atom is -0.0279 e. The van der Waals surface area contributed by atoms with E-state index in [1.807, 2.05) is 27.7 Å². The Kier molecular flexibility index (Phi) is 26.0. The van der Waals surface area contributed by atoms with Crippen molar-refractivity contribution in [3.05, 3.63) is 48.0 Å². The lowest BCUT2D eigenvalue weighted by Gasteiger charge is -2.07. The van der Waals surface area contributed by atoms with Gasteiger partial charge in [0.1, 0.15) is 0 Å². The summed E-state index contributed by atoms with van der Waals surface area (Å²) in [6.07, 6.45) is 21.3. The highest BCUT2D eigenvalue weighted by Crippen LogP contribution is 2.29. The van der Waals surface area contributed by atoms with E-state index in [1.165, 1.54) is 82.6 Å². The lowest BCUT2D eigenvalue weighted by molar-refractivity contribution is 0.468. The molecule has 0 radical (unpaired) electrons. The van der Waals surface area contributed by atoms with E-state index in [9.17, 15) is 0 Å². The Morgan fingerprint density at radius 2 is 1.48 bits per heavy atom. The van der Waals surface area contributed by atoms with Crippen LogP contribution < -0.4 is 0 Å². The maximum atomic E-state index is 2.25. The molecule has 0 bridgehead atoms. The lowest BCUT2D eigenvalue weighted by Crippen LogP contribution is -1.93. The fourth-order valence-electron chi connectivity index (χ4n) is 3.37. The molecule has 1 aromatic carbocycles. The number of rotatable bonds is 9. The van der Waals surface area contributed by atoms with Crippen molar-refractivity contribution in [2.45, 2.75) is 119 Å². The van der Waals surface area contributed by atoms with Crippen LogP contribution in [0, 0.1) is 5.92 Å². The molecule has 1 aliphatic rings. The fourth-order valence-corrected chi connectivity index (χ4v) is 3.37. The van der Waals surface area contributed by atoms with Gasteiger partial charge in [0.15, 0.2) is 0 Å². The molecule has 0 N–H and O–H groups in total. The lowest BCUT2D eigenvalue weighted by atomic mass is 9.98. The molecule has 0 aliphatic heterocycles. The number of hydrogen-bond acceptors (Lipinski definition) is 0. The molecule has 0 heterocycles. The molecular formula is C27H50. The van der Waals surface area contributed by atoms with Gasteiger partial charge in [0.05, 0.1) is 0 Å². The Bertz CT molecular complexity index is 370. The smallest absolute Gasteiger partial charge is 0.0279 e. The monoisotopic (exact) mass is 374 g/mol. The maximum absolute atomic E-state index is 2.25. The van der Waals surface area contributed by atoms with Gasteiger partial charge >= 0.3 is 0 Å². The van der Waals surface area contributed by atoms with Crippen molar-refractivity contribution in [1.29, 1.82) is 0 Å².